The number of alkyl carbamates (subject to hydrolysis) is 1. The molecule has 0 saturated carbocycles. The molecule has 58 heavy (non-hydrogen) atoms. The Bertz CT molecular complexity index is 1620. The van der Waals surface area contributed by atoms with Crippen LogP contribution in [-0.4, -0.2) is 143 Å². The summed E-state index contributed by atoms with van der Waals surface area (Å²) < 4.78 is 54.5. The van der Waals surface area contributed by atoms with Crippen molar-refractivity contribution in [2.75, 3.05) is 34.8 Å². The lowest BCUT2D eigenvalue weighted by molar-refractivity contribution is -0.287. The van der Waals surface area contributed by atoms with Crippen LogP contribution in [-0.2, 0) is 44.6 Å². The fourth-order valence-corrected chi connectivity index (χ4v) is 9.34. The standard InChI is InChI=1S/C41H64N4O11S2/c1-14-30-41(9)32(43-37(48)56-41)26(4)45(12)23-24(2)21-40(8,51-13)33(25(3)35(47)57-38(49)53-30)55-36-31(54-34(46)27-18-16-15-17-19-27)29(44(10)11)20-28(52-36)22-42-58(50)39(5,6)7/h15-19,22,24-26,28-33,36H,14,20-21,23H2,1-13H3,(H,43,48)/b42-22+/t24-,25-,26-,28+,29?,30-,31-,32-,33-,36+,40-,41-,58+/m1/s1. The van der Waals surface area contributed by atoms with Gasteiger partial charge in [0.15, 0.2) is 18.0 Å². The van der Waals surface area contributed by atoms with Crippen LogP contribution in [0.3, 0.4) is 0 Å². The monoisotopic (exact) mass is 852 g/mol. The number of ether oxygens (including phenoxy) is 6. The number of methoxy groups -OCH3 is 1. The highest BCUT2D eigenvalue weighted by atomic mass is 32.2. The molecule has 0 radical (unpaired) electrons. The number of carbonyl (C=O) groups excluding carboxylic acids is 4. The molecule has 3 fully saturated rings. The highest BCUT2D eigenvalue weighted by Crippen LogP contribution is 2.39. The van der Waals surface area contributed by atoms with Gasteiger partial charge >= 0.3 is 17.4 Å². The third kappa shape index (κ3) is 11.3. The zero-order valence-corrected chi connectivity index (χ0v) is 37.8. The van der Waals surface area contributed by atoms with E-state index in [1.165, 1.54) is 6.21 Å². The first-order chi connectivity index (χ1) is 27.0. The number of likely N-dealkylation sites (N-methyl/N-ethyl adjacent to an activating group) is 2. The number of cyclic esters (lactones) is 1. The van der Waals surface area contributed by atoms with E-state index < -0.39 is 98.5 Å². The molecule has 3 saturated heterocycles. The largest absolute Gasteiger partial charge is 0.591 e. The molecule has 1 unspecified atom stereocenters. The van der Waals surface area contributed by atoms with Gasteiger partial charge < -0.3 is 48.1 Å². The molecule has 1 aromatic rings. The van der Waals surface area contributed by atoms with Crippen LogP contribution in [0, 0.1) is 11.8 Å². The molecule has 0 spiro atoms. The van der Waals surface area contributed by atoms with Gasteiger partial charge in [-0.3, -0.25) is 4.79 Å². The van der Waals surface area contributed by atoms with Crippen LogP contribution in [0.25, 0.3) is 0 Å². The fraction of sp³-hybridized carbons (Fsp3) is 0.732. The van der Waals surface area contributed by atoms with Crippen LogP contribution in [0.5, 0.6) is 0 Å². The van der Waals surface area contributed by atoms with Gasteiger partial charge in [-0.05, 0) is 100.0 Å². The molecule has 15 nitrogen and oxygen atoms in total. The van der Waals surface area contributed by atoms with Gasteiger partial charge in [0.1, 0.15) is 28.3 Å². The minimum atomic E-state index is -1.58. The minimum Gasteiger partial charge on any atom is -0.591 e. The van der Waals surface area contributed by atoms with Gasteiger partial charge in [-0.25, -0.2) is 14.4 Å². The topological polar surface area (TPSA) is 178 Å². The molecule has 3 aliphatic heterocycles. The maximum absolute atomic E-state index is 14.2. The second kappa shape index (κ2) is 19.7. The molecule has 17 heteroatoms. The Balaban J connectivity index is 1.79. The first-order valence-corrected chi connectivity index (χ1v) is 21.8. The van der Waals surface area contributed by atoms with Gasteiger partial charge in [0.25, 0.3) is 0 Å². The van der Waals surface area contributed by atoms with Gasteiger partial charge in [0.05, 0.1) is 41.5 Å². The lowest BCUT2D eigenvalue weighted by Gasteiger charge is -2.47. The summed E-state index contributed by atoms with van der Waals surface area (Å²) in [7, 11) is 7.20. The summed E-state index contributed by atoms with van der Waals surface area (Å²) in [6.07, 6.45) is -3.01. The van der Waals surface area contributed by atoms with Gasteiger partial charge in [-0.1, -0.05) is 43.4 Å². The summed E-state index contributed by atoms with van der Waals surface area (Å²) in [4.78, 5) is 58.2. The second-order valence-electron chi connectivity index (χ2n) is 17.4. The summed E-state index contributed by atoms with van der Waals surface area (Å²) in [5.74, 6) is -1.65. The Morgan fingerprint density at radius 3 is 2.40 bits per heavy atom. The van der Waals surface area contributed by atoms with Crippen molar-refractivity contribution < 1.29 is 52.2 Å². The molecular weight excluding hydrogens is 789 g/mol. The van der Waals surface area contributed by atoms with Crippen LogP contribution >= 0.6 is 11.8 Å². The van der Waals surface area contributed by atoms with Crippen LogP contribution in [0.4, 0.5) is 9.59 Å². The second-order valence-corrected chi connectivity index (χ2v) is 20.3. The number of carbonyl (C=O) groups is 4. The fourth-order valence-electron chi connectivity index (χ4n) is 8.14. The van der Waals surface area contributed by atoms with Crippen LogP contribution in [0.1, 0.15) is 91.9 Å². The Morgan fingerprint density at radius 1 is 1.16 bits per heavy atom. The zero-order valence-electron chi connectivity index (χ0n) is 36.2. The average Bonchev–Trinajstić information content (AvgIpc) is 3.47. The van der Waals surface area contributed by atoms with E-state index >= 15 is 0 Å². The number of benzene rings is 1. The highest BCUT2D eigenvalue weighted by molar-refractivity contribution is 8.25. The van der Waals surface area contributed by atoms with Crippen molar-refractivity contribution in [3.63, 3.8) is 0 Å². The van der Waals surface area contributed by atoms with Crippen LogP contribution < -0.4 is 5.32 Å². The first-order valence-electron chi connectivity index (χ1n) is 19.9. The van der Waals surface area contributed by atoms with Crippen molar-refractivity contribution >= 4 is 51.8 Å². The summed E-state index contributed by atoms with van der Waals surface area (Å²) in [5.41, 5.74) is -2.06. The zero-order chi connectivity index (χ0) is 43.3. The van der Waals surface area contributed by atoms with Gasteiger partial charge in [-0.2, -0.15) is 0 Å². The van der Waals surface area contributed by atoms with Crippen molar-refractivity contribution in [2.45, 2.75) is 146 Å². The van der Waals surface area contributed by atoms with E-state index in [0.717, 1.165) is 0 Å². The lowest BCUT2D eigenvalue weighted by Crippen LogP contribution is -2.60. The van der Waals surface area contributed by atoms with Crippen molar-refractivity contribution in [3.8, 4) is 0 Å². The van der Waals surface area contributed by atoms with Crippen LogP contribution in [0.2, 0.25) is 0 Å². The number of fused-ring (bicyclic) bond motifs is 1. The molecule has 1 N–H and O–H groups in total. The number of esters is 1. The lowest BCUT2D eigenvalue weighted by atomic mass is 9.81. The molecule has 4 rings (SSSR count). The third-order valence-electron chi connectivity index (χ3n) is 11.5. The molecular formula is C41H64N4O11S2. The Morgan fingerprint density at radius 2 is 1.81 bits per heavy atom. The molecule has 0 aliphatic carbocycles. The molecule has 1 amide bonds. The molecule has 1 aromatic carbocycles. The van der Waals surface area contributed by atoms with Gasteiger partial charge in [0, 0.05) is 31.5 Å². The Hall–Kier alpha value is -2.77. The number of hydrogen-bond donors (Lipinski definition) is 1. The summed E-state index contributed by atoms with van der Waals surface area (Å²) in [6, 6.07) is 7.32. The first kappa shape index (κ1) is 47.9. The number of rotatable bonds is 9. The van der Waals surface area contributed by atoms with E-state index in [9.17, 15) is 23.7 Å². The molecule has 0 bridgehead atoms. The molecule has 0 aromatic heterocycles. The van der Waals surface area contributed by atoms with Gasteiger partial charge in [0.2, 0.25) is 5.12 Å². The predicted octanol–water partition coefficient (Wildman–Crippen LogP) is 5.62. The van der Waals surface area contributed by atoms with Gasteiger partial charge in [-0.15, -0.1) is 0 Å². The summed E-state index contributed by atoms with van der Waals surface area (Å²) >= 11 is -1.17. The minimum absolute atomic E-state index is 0.0616. The highest BCUT2D eigenvalue weighted by Gasteiger charge is 2.56. The Labute approximate surface area is 351 Å². The molecule has 3 aliphatic rings. The van der Waals surface area contributed by atoms with E-state index in [0.29, 0.717) is 43.1 Å². The predicted molar refractivity (Wildman–Crippen MR) is 223 cm³/mol. The maximum atomic E-state index is 14.2. The molecule has 13 atom stereocenters. The SMILES string of the molecule is CC[C@H]1OC(=O)SC(=O)[C@H](C)[C@@H](O[C@@H]2O[C@H](/C=N/[S@@+]([O-])C(C)(C)C)CC(N(C)C)[C@H]2OC(=O)c2ccccc2)[C@](C)(OC)C[C@@H](C)CN(C)[C@H](C)[C@H]2NC(=O)O[C@@]21C. The Kier molecular flexibility index (Phi) is 16.3. The number of nitrogens with zero attached hydrogens (tertiary/aromatic N) is 3. The smallest absolute Gasteiger partial charge is 0.408 e. The van der Waals surface area contributed by atoms with E-state index in [1.807, 2.05) is 67.6 Å². The van der Waals surface area contributed by atoms with E-state index in [1.54, 1.807) is 51.3 Å². The number of amides is 1. The van der Waals surface area contributed by atoms with Crippen LogP contribution in [0.15, 0.2) is 34.7 Å². The van der Waals surface area contributed by atoms with E-state index in [4.69, 9.17) is 28.4 Å². The summed E-state index contributed by atoms with van der Waals surface area (Å²) in [6.45, 7) is 17.1. The number of hydrogen-bond acceptors (Lipinski definition) is 15. The number of thioether (sulfide) groups is 1. The summed E-state index contributed by atoms with van der Waals surface area (Å²) in [5, 5.41) is 1.52. The van der Waals surface area contributed by atoms with Crippen molar-refractivity contribution in [1.29, 1.82) is 0 Å². The van der Waals surface area contributed by atoms with Crippen molar-refractivity contribution in [3.05, 3.63) is 35.9 Å². The normalized spacial score (nSPS) is 36.6. The third-order valence-corrected chi connectivity index (χ3v) is 13.7. The molecule has 3 heterocycles. The van der Waals surface area contributed by atoms with Crippen molar-refractivity contribution in [2.24, 2.45) is 16.2 Å². The van der Waals surface area contributed by atoms with E-state index in [2.05, 4.69) is 21.5 Å². The quantitative estimate of drug-likeness (QED) is 0.140. The number of nitrogens with one attached hydrogen (secondary N) is 1. The average molecular weight is 853 g/mol. The molecule has 326 valence electrons. The maximum Gasteiger partial charge on any atom is 0.408 e. The van der Waals surface area contributed by atoms with E-state index in [-0.39, 0.29) is 12.0 Å². The van der Waals surface area contributed by atoms with Crippen molar-refractivity contribution in [1.82, 2.24) is 15.1 Å².